The number of nitrogens with one attached hydrogen (secondary N) is 1. The highest BCUT2D eigenvalue weighted by Crippen LogP contribution is 2.39. The number of fused-ring (bicyclic) bond motifs is 1. The number of aryl methyl sites for hydroxylation is 1. The molecular weight excluding hydrogens is 352 g/mol. The van der Waals surface area contributed by atoms with Gasteiger partial charge >= 0.3 is 0 Å². The first kappa shape index (κ1) is 17.4. The number of nitrogen functional groups attached to an aromatic ring is 1. The van der Waals surface area contributed by atoms with Crippen LogP contribution in [-0.4, -0.2) is 15.9 Å². The molecule has 1 saturated carbocycles. The minimum absolute atomic E-state index is 0.205. The number of nitriles is 2. The molecule has 0 bridgehead atoms. The van der Waals surface area contributed by atoms with Gasteiger partial charge in [-0.25, -0.2) is 4.98 Å². The Hall–Kier alpha value is -3.97. The Bertz CT molecular complexity index is 1200. The lowest BCUT2D eigenvalue weighted by atomic mass is 9.94. The molecule has 1 aliphatic rings. The SMILES string of the molecule is Cc1ccncc1-c1cc2cc(NC(=O)C3CC3C#N)ncc2c(N)c1C#N. The van der Waals surface area contributed by atoms with Gasteiger partial charge in [0.1, 0.15) is 11.9 Å². The maximum Gasteiger partial charge on any atom is 0.230 e. The van der Waals surface area contributed by atoms with Crippen molar-refractivity contribution in [3.05, 3.63) is 47.9 Å². The quantitative estimate of drug-likeness (QED) is 0.683. The molecule has 3 N–H and O–H groups in total. The second kappa shape index (κ2) is 6.64. The molecule has 1 aromatic carbocycles. The molecule has 0 aliphatic heterocycles. The molecule has 28 heavy (non-hydrogen) atoms. The summed E-state index contributed by atoms with van der Waals surface area (Å²) in [7, 11) is 0. The maximum atomic E-state index is 12.2. The van der Waals surface area contributed by atoms with Crippen molar-refractivity contribution in [1.82, 2.24) is 9.97 Å². The van der Waals surface area contributed by atoms with E-state index < -0.39 is 0 Å². The van der Waals surface area contributed by atoms with Crippen molar-refractivity contribution in [2.45, 2.75) is 13.3 Å². The summed E-state index contributed by atoms with van der Waals surface area (Å²) in [5.41, 5.74) is 9.46. The number of anilines is 2. The molecule has 136 valence electrons. The van der Waals surface area contributed by atoms with Crippen LogP contribution in [-0.2, 0) is 4.79 Å². The Morgan fingerprint density at radius 1 is 1.29 bits per heavy atom. The number of hydrogen-bond donors (Lipinski definition) is 2. The monoisotopic (exact) mass is 368 g/mol. The number of pyridine rings is 2. The van der Waals surface area contributed by atoms with E-state index in [1.807, 2.05) is 19.1 Å². The fraction of sp³-hybridized carbons (Fsp3) is 0.190. The van der Waals surface area contributed by atoms with E-state index in [9.17, 15) is 10.1 Å². The molecule has 1 fully saturated rings. The first-order valence-corrected chi connectivity index (χ1v) is 8.77. The predicted molar refractivity (Wildman–Crippen MR) is 105 cm³/mol. The molecule has 7 nitrogen and oxygen atoms in total. The summed E-state index contributed by atoms with van der Waals surface area (Å²) in [6.07, 6.45) is 5.53. The zero-order valence-corrected chi connectivity index (χ0v) is 15.1. The van der Waals surface area contributed by atoms with Gasteiger partial charge in [0.2, 0.25) is 5.91 Å². The van der Waals surface area contributed by atoms with Crippen LogP contribution < -0.4 is 11.1 Å². The number of nitrogens with two attached hydrogens (primary N) is 1. The molecule has 2 unspecified atom stereocenters. The summed E-state index contributed by atoms with van der Waals surface area (Å²) in [6.45, 7) is 1.94. The van der Waals surface area contributed by atoms with Crippen LogP contribution in [0.1, 0.15) is 17.5 Å². The number of hydrogen-bond acceptors (Lipinski definition) is 6. The van der Waals surface area contributed by atoms with Gasteiger partial charge in [0.25, 0.3) is 0 Å². The average Bonchev–Trinajstić information content (AvgIpc) is 3.48. The van der Waals surface area contributed by atoms with Crippen LogP contribution in [0.15, 0.2) is 36.8 Å². The highest BCUT2D eigenvalue weighted by molar-refractivity contribution is 6.03. The lowest BCUT2D eigenvalue weighted by Crippen LogP contribution is -2.15. The van der Waals surface area contributed by atoms with E-state index in [-0.39, 0.29) is 17.7 Å². The van der Waals surface area contributed by atoms with Gasteiger partial charge < -0.3 is 11.1 Å². The minimum Gasteiger partial charge on any atom is -0.397 e. The van der Waals surface area contributed by atoms with Crippen LogP contribution >= 0.6 is 0 Å². The highest BCUT2D eigenvalue weighted by Gasteiger charge is 2.43. The molecule has 0 radical (unpaired) electrons. The molecule has 3 aromatic rings. The third-order valence-corrected chi connectivity index (χ3v) is 5.05. The van der Waals surface area contributed by atoms with E-state index in [0.29, 0.717) is 34.4 Å². The van der Waals surface area contributed by atoms with Crippen LogP contribution in [0.25, 0.3) is 21.9 Å². The molecule has 1 amide bonds. The van der Waals surface area contributed by atoms with Crippen molar-refractivity contribution in [3.8, 4) is 23.3 Å². The van der Waals surface area contributed by atoms with E-state index in [0.717, 1.165) is 16.5 Å². The van der Waals surface area contributed by atoms with E-state index in [2.05, 4.69) is 27.4 Å². The molecule has 7 heteroatoms. The van der Waals surface area contributed by atoms with Crippen LogP contribution in [0.2, 0.25) is 0 Å². The van der Waals surface area contributed by atoms with Crippen molar-refractivity contribution >= 4 is 28.2 Å². The lowest BCUT2D eigenvalue weighted by molar-refractivity contribution is -0.117. The molecule has 0 saturated heterocycles. The first-order valence-electron chi connectivity index (χ1n) is 8.77. The van der Waals surface area contributed by atoms with Crippen LogP contribution in [0, 0.1) is 41.4 Å². The van der Waals surface area contributed by atoms with E-state index in [4.69, 9.17) is 11.0 Å². The van der Waals surface area contributed by atoms with Gasteiger partial charge in [0.05, 0.1) is 29.2 Å². The minimum atomic E-state index is -0.276. The van der Waals surface area contributed by atoms with Gasteiger partial charge in [-0.15, -0.1) is 0 Å². The maximum absolute atomic E-state index is 12.2. The fourth-order valence-corrected chi connectivity index (χ4v) is 3.32. The lowest BCUT2D eigenvalue weighted by Gasteiger charge is -2.13. The van der Waals surface area contributed by atoms with E-state index >= 15 is 0 Å². The predicted octanol–water partition coefficient (Wildman–Crippen LogP) is 3.16. The zero-order valence-electron chi connectivity index (χ0n) is 15.1. The van der Waals surface area contributed by atoms with Crippen molar-refractivity contribution in [3.63, 3.8) is 0 Å². The number of benzene rings is 1. The second-order valence-electron chi connectivity index (χ2n) is 6.87. The van der Waals surface area contributed by atoms with Gasteiger partial charge in [-0.05, 0) is 42.5 Å². The van der Waals surface area contributed by atoms with Crippen LogP contribution in [0.5, 0.6) is 0 Å². The summed E-state index contributed by atoms with van der Waals surface area (Å²) < 4.78 is 0. The summed E-state index contributed by atoms with van der Waals surface area (Å²) in [5, 5.41) is 22.7. The van der Waals surface area contributed by atoms with Crippen molar-refractivity contribution < 1.29 is 4.79 Å². The average molecular weight is 368 g/mol. The molecular formula is C21H16N6O. The zero-order chi connectivity index (χ0) is 19.8. The topological polar surface area (TPSA) is 128 Å². The second-order valence-corrected chi connectivity index (χ2v) is 6.87. The molecule has 2 heterocycles. The Morgan fingerprint density at radius 2 is 2.11 bits per heavy atom. The summed E-state index contributed by atoms with van der Waals surface area (Å²) in [4.78, 5) is 20.6. The van der Waals surface area contributed by atoms with Crippen molar-refractivity contribution in [2.75, 3.05) is 11.1 Å². The number of rotatable bonds is 3. The molecule has 0 spiro atoms. The third-order valence-electron chi connectivity index (χ3n) is 5.05. The van der Waals surface area contributed by atoms with Crippen molar-refractivity contribution in [1.29, 1.82) is 10.5 Å². The molecule has 2 aromatic heterocycles. The fourth-order valence-electron chi connectivity index (χ4n) is 3.32. The Kier molecular flexibility index (Phi) is 4.14. The van der Waals surface area contributed by atoms with Gasteiger partial charge in [-0.1, -0.05) is 0 Å². The third kappa shape index (κ3) is 2.89. The van der Waals surface area contributed by atoms with Gasteiger partial charge in [0.15, 0.2) is 0 Å². The largest absolute Gasteiger partial charge is 0.397 e. The highest BCUT2D eigenvalue weighted by atomic mass is 16.2. The van der Waals surface area contributed by atoms with Crippen LogP contribution in [0.3, 0.4) is 0 Å². The molecule has 1 aliphatic carbocycles. The van der Waals surface area contributed by atoms with Crippen LogP contribution in [0.4, 0.5) is 11.5 Å². The number of aromatic nitrogens is 2. The number of carbonyl (C=O) groups excluding carboxylic acids is 1. The Labute approximate surface area is 161 Å². The summed E-state index contributed by atoms with van der Waals surface area (Å²) in [5.74, 6) is -0.306. The smallest absolute Gasteiger partial charge is 0.230 e. The standard InChI is InChI=1S/C21H16N6O/c1-11-2-3-25-9-17(11)15-4-12-6-19(27-21(28)14-5-13(14)7-22)26-10-18(12)20(24)16(15)8-23/h2-4,6,9-10,13-14H,5,24H2,1H3,(H,26,27,28). The summed E-state index contributed by atoms with van der Waals surface area (Å²) in [6, 6.07) is 9.74. The number of nitrogens with zero attached hydrogens (tertiary/aromatic N) is 4. The van der Waals surface area contributed by atoms with Gasteiger partial charge in [0, 0.05) is 35.1 Å². The van der Waals surface area contributed by atoms with Gasteiger partial charge in [-0.3, -0.25) is 9.78 Å². The summed E-state index contributed by atoms with van der Waals surface area (Å²) >= 11 is 0. The van der Waals surface area contributed by atoms with Gasteiger partial charge in [-0.2, -0.15) is 10.5 Å². The first-order chi connectivity index (χ1) is 13.5. The number of carbonyl (C=O) groups is 1. The Balaban J connectivity index is 1.79. The van der Waals surface area contributed by atoms with E-state index in [1.54, 1.807) is 24.7 Å². The number of amides is 1. The normalized spacial score (nSPS) is 17.5. The Morgan fingerprint density at radius 3 is 2.79 bits per heavy atom. The molecule has 4 rings (SSSR count). The van der Waals surface area contributed by atoms with E-state index in [1.165, 1.54) is 0 Å². The van der Waals surface area contributed by atoms with Crippen molar-refractivity contribution in [2.24, 2.45) is 11.8 Å². The molecule has 2 atom stereocenters.